The lowest BCUT2D eigenvalue weighted by Gasteiger charge is -2.32. The highest BCUT2D eigenvalue weighted by Gasteiger charge is 2.28. The van der Waals surface area contributed by atoms with Gasteiger partial charge in [0.25, 0.3) is 0 Å². The first-order valence-electron chi connectivity index (χ1n) is 5.58. The van der Waals surface area contributed by atoms with Crippen molar-refractivity contribution >= 4 is 5.97 Å². The van der Waals surface area contributed by atoms with E-state index in [1.807, 2.05) is 13.8 Å². The molecule has 4 heteroatoms. The number of hydrogen-bond donors (Lipinski definition) is 1. The first kappa shape index (κ1) is 13.0. The Labute approximate surface area is 96.5 Å². The molecule has 0 amide bonds. The van der Waals surface area contributed by atoms with Gasteiger partial charge >= 0.3 is 5.97 Å². The molecule has 1 heterocycles. The van der Waals surface area contributed by atoms with E-state index >= 15 is 0 Å². The molecule has 1 rings (SSSR count). The number of rotatable bonds is 3. The van der Waals surface area contributed by atoms with Crippen LogP contribution in [0.2, 0.25) is 0 Å². The van der Waals surface area contributed by atoms with E-state index in [0.29, 0.717) is 0 Å². The number of carbonyl (C=O) groups is 1. The Kier molecular flexibility index (Phi) is 4.78. The molecule has 1 saturated heterocycles. The number of esters is 1. The highest BCUT2D eigenvalue weighted by atomic mass is 16.6. The molecule has 1 aliphatic rings. The molecule has 3 unspecified atom stereocenters. The molecule has 0 aromatic carbocycles. The van der Waals surface area contributed by atoms with E-state index in [9.17, 15) is 4.79 Å². The minimum absolute atomic E-state index is 0.102. The minimum Gasteiger partial charge on any atom is -0.461 e. The first-order chi connectivity index (χ1) is 7.52. The minimum atomic E-state index is -0.710. The van der Waals surface area contributed by atoms with Crippen LogP contribution in [0, 0.1) is 12.3 Å². The van der Waals surface area contributed by atoms with Gasteiger partial charge in [0.1, 0.15) is 12.1 Å². The van der Waals surface area contributed by atoms with Gasteiger partial charge in [0, 0.05) is 19.3 Å². The maximum atomic E-state index is 11.5. The van der Waals surface area contributed by atoms with Gasteiger partial charge in [0.2, 0.25) is 0 Å². The molecule has 16 heavy (non-hydrogen) atoms. The van der Waals surface area contributed by atoms with Crippen LogP contribution < -0.4 is 5.73 Å². The molecule has 2 N–H and O–H groups in total. The van der Waals surface area contributed by atoms with E-state index < -0.39 is 12.0 Å². The Balaban J connectivity index is 2.42. The lowest BCUT2D eigenvalue weighted by Crippen LogP contribution is -2.40. The molecule has 1 fully saturated rings. The van der Waals surface area contributed by atoms with Gasteiger partial charge in [-0.2, -0.15) is 0 Å². The van der Waals surface area contributed by atoms with Crippen molar-refractivity contribution in [2.24, 2.45) is 5.73 Å². The molecule has 4 nitrogen and oxygen atoms in total. The number of nitrogens with two attached hydrogens (primary N) is 1. The summed E-state index contributed by atoms with van der Waals surface area (Å²) in [6, 6.07) is -0.710. The predicted molar refractivity (Wildman–Crippen MR) is 60.5 cm³/mol. The first-order valence-corrected chi connectivity index (χ1v) is 5.58. The SMILES string of the molecule is C#CCC(N)C(=O)OC1CC(C)OC(C)C1. The fraction of sp³-hybridized carbons (Fsp3) is 0.750. The summed E-state index contributed by atoms with van der Waals surface area (Å²) in [5, 5.41) is 0. The van der Waals surface area contributed by atoms with Crippen molar-refractivity contribution in [3.63, 3.8) is 0 Å². The normalized spacial score (nSPS) is 31.5. The molecule has 0 aromatic heterocycles. The fourth-order valence-electron chi connectivity index (χ4n) is 1.90. The van der Waals surface area contributed by atoms with Crippen molar-refractivity contribution in [3.8, 4) is 12.3 Å². The van der Waals surface area contributed by atoms with Gasteiger partial charge in [0.05, 0.1) is 12.2 Å². The number of carbonyl (C=O) groups excluding carboxylic acids is 1. The second kappa shape index (κ2) is 5.88. The zero-order chi connectivity index (χ0) is 12.1. The van der Waals surface area contributed by atoms with Crippen molar-refractivity contribution < 1.29 is 14.3 Å². The number of terminal acetylenes is 1. The second-order valence-corrected chi connectivity index (χ2v) is 4.30. The lowest BCUT2D eigenvalue weighted by molar-refractivity contribution is -0.161. The standard InChI is InChI=1S/C12H19NO3/c1-4-5-11(13)12(14)16-10-6-8(2)15-9(3)7-10/h1,8-11H,5-7,13H2,2-3H3. The molecule has 0 bridgehead atoms. The van der Waals surface area contributed by atoms with Gasteiger partial charge in [0.15, 0.2) is 0 Å². The summed E-state index contributed by atoms with van der Waals surface area (Å²) in [5.41, 5.74) is 5.57. The Bertz CT molecular complexity index is 274. The fourth-order valence-corrected chi connectivity index (χ4v) is 1.90. The maximum absolute atomic E-state index is 11.5. The summed E-state index contributed by atoms with van der Waals surface area (Å²) < 4.78 is 10.9. The van der Waals surface area contributed by atoms with Gasteiger partial charge in [-0.25, -0.2) is 0 Å². The van der Waals surface area contributed by atoms with Crippen LogP contribution in [0.4, 0.5) is 0 Å². The summed E-state index contributed by atoms with van der Waals surface area (Å²) >= 11 is 0. The molecule has 0 aliphatic carbocycles. The quantitative estimate of drug-likeness (QED) is 0.571. The number of ether oxygens (including phenoxy) is 2. The summed E-state index contributed by atoms with van der Waals surface area (Å²) in [5.74, 6) is 1.94. The Morgan fingerprint density at radius 2 is 2.12 bits per heavy atom. The van der Waals surface area contributed by atoms with Gasteiger partial charge in [-0.05, 0) is 13.8 Å². The highest BCUT2D eigenvalue weighted by molar-refractivity contribution is 5.76. The van der Waals surface area contributed by atoms with E-state index in [1.165, 1.54) is 0 Å². The summed E-state index contributed by atoms with van der Waals surface area (Å²) in [6.45, 7) is 3.94. The summed E-state index contributed by atoms with van der Waals surface area (Å²) in [6.07, 6.45) is 6.87. The zero-order valence-corrected chi connectivity index (χ0v) is 9.81. The Morgan fingerprint density at radius 3 is 2.62 bits per heavy atom. The average Bonchev–Trinajstić information content (AvgIpc) is 2.16. The second-order valence-electron chi connectivity index (χ2n) is 4.30. The van der Waals surface area contributed by atoms with Crippen molar-refractivity contribution in [1.29, 1.82) is 0 Å². The van der Waals surface area contributed by atoms with E-state index in [-0.39, 0.29) is 24.7 Å². The third kappa shape index (κ3) is 3.84. The van der Waals surface area contributed by atoms with Crippen LogP contribution in [-0.2, 0) is 14.3 Å². The summed E-state index contributed by atoms with van der Waals surface area (Å²) in [7, 11) is 0. The Hall–Kier alpha value is -1.05. The zero-order valence-electron chi connectivity index (χ0n) is 9.81. The number of hydrogen-bond acceptors (Lipinski definition) is 4. The van der Waals surface area contributed by atoms with Crippen LogP contribution in [-0.4, -0.2) is 30.3 Å². The van der Waals surface area contributed by atoms with Crippen LogP contribution >= 0.6 is 0 Å². The maximum Gasteiger partial charge on any atom is 0.324 e. The van der Waals surface area contributed by atoms with Gasteiger partial charge in [-0.1, -0.05) is 0 Å². The van der Waals surface area contributed by atoms with E-state index in [0.717, 1.165) is 12.8 Å². The molecular formula is C12H19NO3. The molecule has 0 aromatic rings. The van der Waals surface area contributed by atoms with Crippen LogP contribution in [0.25, 0.3) is 0 Å². The monoisotopic (exact) mass is 225 g/mol. The topological polar surface area (TPSA) is 61.6 Å². The molecule has 90 valence electrons. The molecular weight excluding hydrogens is 206 g/mol. The lowest BCUT2D eigenvalue weighted by atomic mass is 10.0. The summed E-state index contributed by atoms with van der Waals surface area (Å²) in [4.78, 5) is 11.5. The van der Waals surface area contributed by atoms with Crippen LogP contribution in [0.5, 0.6) is 0 Å². The van der Waals surface area contributed by atoms with Gasteiger partial charge in [-0.3, -0.25) is 4.79 Å². The predicted octanol–water partition coefficient (Wildman–Crippen LogP) is 0.836. The van der Waals surface area contributed by atoms with Crippen LogP contribution in [0.1, 0.15) is 33.1 Å². The molecule has 0 radical (unpaired) electrons. The van der Waals surface area contributed by atoms with E-state index in [2.05, 4.69) is 5.92 Å². The van der Waals surface area contributed by atoms with Crippen molar-refractivity contribution in [2.75, 3.05) is 0 Å². The van der Waals surface area contributed by atoms with Crippen molar-refractivity contribution in [3.05, 3.63) is 0 Å². The molecule has 1 aliphatic heterocycles. The smallest absolute Gasteiger partial charge is 0.324 e. The van der Waals surface area contributed by atoms with Gasteiger partial charge < -0.3 is 15.2 Å². The highest BCUT2D eigenvalue weighted by Crippen LogP contribution is 2.21. The van der Waals surface area contributed by atoms with Crippen LogP contribution in [0.15, 0.2) is 0 Å². The van der Waals surface area contributed by atoms with Crippen molar-refractivity contribution in [2.45, 2.75) is 57.5 Å². The molecule has 0 saturated carbocycles. The largest absolute Gasteiger partial charge is 0.461 e. The third-order valence-electron chi connectivity index (χ3n) is 2.58. The Morgan fingerprint density at radius 1 is 1.56 bits per heavy atom. The van der Waals surface area contributed by atoms with Crippen molar-refractivity contribution in [1.82, 2.24) is 0 Å². The van der Waals surface area contributed by atoms with Crippen LogP contribution in [0.3, 0.4) is 0 Å². The van der Waals surface area contributed by atoms with E-state index in [1.54, 1.807) is 0 Å². The third-order valence-corrected chi connectivity index (χ3v) is 2.58. The van der Waals surface area contributed by atoms with Gasteiger partial charge in [-0.15, -0.1) is 12.3 Å². The molecule has 3 atom stereocenters. The van der Waals surface area contributed by atoms with E-state index in [4.69, 9.17) is 21.6 Å². The average molecular weight is 225 g/mol. The molecule has 0 spiro atoms.